The second-order valence-corrected chi connectivity index (χ2v) is 3.94. The van der Waals surface area contributed by atoms with Gasteiger partial charge < -0.3 is 4.98 Å². The topological polar surface area (TPSA) is 15.8 Å². The molecule has 1 heterocycles. The highest BCUT2D eigenvalue weighted by Gasteiger charge is 2.04. The molecule has 0 saturated heterocycles. The molecule has 0 aliphatic rings. The lowest BCUT2D eigenvalue weighted by atomic mass is 10.1. The highest BCUT2D eigenvalue weighted by molar-refractivity contribution is 7.71. The summed E-state index contributed by atoms with van der Waals surface area (Å²) in [5.41, 5.74) is 1.33. The number of benzene rings is 1. The maximum absolute atomic E-state index is 13.0. The smallest absolute Gasteiger partial charge is 0.123 e. The molecule has 0 aliphatic heterocycles. The van der Waals surface area contributed by atoms with Gasteiger partial charge in [-0.05, 0) is 30.3 Å². The van der Waals surface area contributed by atoms with Crippen LogP contribution in [0.2, 0.25) is 5.02 Å². The normalized spacial score (nSPS) is 10.3. The van der Waals surface area contributed by atoms with E-state index in [1.54, 1.807) is 18.3 Å². The van der Waals surface area contributed by atoms with E-state index in [1.807, 2.05) is 0 Å². The second kappa shape index (κ2) is 4.13. The second-order valence-electron chi connectivity index (χ2n) is 3.06. The predicted molar refractivity (Wildman–Crippen MR) is 62.0 cm³/mol. The van der Waals surface area contributed by atoms with Gasteiger partial charge in [-0.15, -0.1) is 0 Å². The standard InChI is InChI=1S/C11H7ClFNS/c12-10-2-1-7(13)5-9(10)11-6-8(15)3-4-14-11/h1-6H,(H,14,15). The van der Waals surface area contributed by atoms with Crippen LogP contribution in [0, 0.1) is 10.3 Å². The van der Waals surface area contributed by atoms with Crippen molar-refractivity contribution in [2.45, 2.75) is 0 Å². The molecule has 0 atom stereocenters. The number of pyridine rings is 1. The molecule has 2 aromatic rings. The summed E-state index contributed by atoms with van der Waals surface area (Å²) in [4.78, 5) is 2.98. The van der Waals surface area contributed by atoms with Crippen LogP contribution in [0.5, 0.6) is 0 Å². The fraction of sp³-hybridized carbons (Fsp3) is 0. The average molecular weight is 240 g/mol. The Balaban J connectivity index is 2.63. The van der Waals surface area contributed by atoms with Gasteiger partial charge in [0.15, 0.2) is 0 Å². The minimum absolute atomic E-state index is 0.322. The minimum atomic E-state index is -0.322. The number of nitrogens with one attached hydrogen (secondary N) is 1. The Kier molecular flexibility index (Phi) is 2.84. The number of aromatic amines is 1. The van der Waals surface area contributed by atoms with Gasteiger partial charge in [-0.2, -0.15) is 0 Å². The van der Waals surface area contributed by atoms with Crippen LogP contribution in [0.1, 0.15) is 0 Å². The van der Waals surface area contributed by atoms with Crippen molar-refractivity contribution in [2.75, 3.05) is 0 Å². The van der Waals surface area contributed by atoms with Crippen molar-refractivity contribution in [1.29, 1.82) is 0 Å². The molecule has 1 aromatic heterocycles. The lowest BCUT2D eigenvalue weighted by Crippen LogP contribution is -1.85. The molecule has 0 bridgehead atoms. The lowest BCUT2D eigenvalue weighted by Gasteiger charge is -2.04. The number of aromatic nitrogens is 1. The molecule has 1 N–H and O–H groups in total. The first-order chi connectivity index (χ1) is 7.16. The molecule has 2 rings (SSSR count). The fourth-order valence-corrected chi connectivity index (χ4v) is 1.71. The van der Waals surface area contributed by atoms with E-state index in [-0.39, 0.29) is 5.82 Å². The minimum Gasteiger partial charge on any atom is -0.361 e. The van der Waals surface area contributed by atoms with Gasteiger partial charge in [0.2, 0.25) is 0 Å². The first-order valence-electron chi connectivity index (χ1n) is 4.31. The third-order valence-electron chi connectivity index (χ3n) is 1.99. The highest BCUT2D eigenvalue weighted by Crippen LogP contribution is 2.26. The first kappa shape index (κ1) is 10.3. The molecule has 0 amide bonds. The van der Waals surface area contributed by atoms with Crippen LogP contribution in [0.15, 0.2) is 36.5 Å². The zero-order valence-corrected chi connectivity index (χ0v) is 9.20. The van der Waals surface area contributed by atoms with Crippen LogP contribution in [-0.2, 0) is 0 Å². The Labute approximate surface area is 96.5 Å². The molecule has 0 fully saturated rings. The number of hydrogen-bond acceptors (Lipinski definition) is 1. The van der Waals surface area contributed by atoms with E-state index < -0.39 is 0 Å². The van der Waals surface area contributed by atoms with Gasteiger partial charge in [0, 0.05) is 22.0 Å². The summed E-state index contributed by atoms with van der Waals surface area (Å²) in [6.45, 7) is 0. The van der Waals surface area contributed by atoms with Crippen LogP contribution in [-0.4, -0.2) is 4.98 Å². The number of halogens is 2. The van der Waals surface area contributed by atoms with E-state index in [0.717, 1.165) is 0 Å². The summed E-state index contributed by atoms with van der Waals surface area (Å²) >= 11 is 11.0. The maximum Gasteiger partial charge on any atom is 0.123 e. The lowest BCUT2D eigenvalue weighted by molar-refractivity contribution is 0.628. The van der Waals surface area contributed by atoms with Crippen molar-refractivity contribution in [3.8, 4) is 11.3 Å². The van der Waals surface area contributed by atoms with Gasteiger partial charge in [0.25, 0.3) is 0 Å². The Bertz CT molecular complexity index is 550. The van der Waals surface area contributed by atoms with E-state index in [1.165, 1.54) is 18.2 Å². The van der Waals surface area contributed by atoms with Crippen molar-refractivity contribution in [2.24, 2.45) is 0 Å². The largest absolute Gasteiger partial charge is 0.361 e. The molecule has 0 aliphatic carbocycles. The predicted octanol–water partition coefficient (Wildman–Crippen LogP) is 4.20. The van der Waals surface area contributed by atoms with Crippen molar-refractivity contribution in [3.63, 3.8) is 0 Å². The molecule has 15 heavy (non-hydrogen) atoms. The van der Waals surface area contributed by atoms with Crippen molar-refractivity contribution < 1.29 is 4.39 Å². The van der Waals surface area contributed by atoms with Crippen LogP contribution >= 0.6 is 23.8 Å². The summed E-state index contributed by atoms with van der Waals surface area (Å²) < 4.78 is 13.7. The maximum atomic E-state index is 13.0. The summed E-state index contributed by atoms with van der Waals surface area (Å²) in [6.07, 6.45) is 1.71. The van der Waals surface area contributed by atoms with Gasteiger partial charge in [0.1, 0.15) is 5.82 Å². The van der Waals surface area contributed by atoms with Gasteiger partial charge >= 0.3 is 0 Å². The Morgan fingerprint density at radius 3 is 2.73 bits per heavy atom. The quantitative estimate of drug-likeness (QED) is 0.738. The number of rotatable bonds is 1. The van der Waals surface area contributed by atoms with Crippen molar-refractivity contribution in [1.82, 2.24) is 4.98 Å². The monoisotopic (exact) mass is 239 g/mol. The SMILES string of the molecule is Fc1ccc(Cl)c(-c2cc(=S)cc[nH]2)c1. The Hall–Kier alpha value is -1.19. The molecule has 1 aromatic carbocycles. The fourth-order valence-electron chi connectivity index (χ4n) is 1.31. The summed E-state index contributed by atoms with van der Waals surface area (Å²) in [5, 5.41) is 0.494. The number of H-pyrrole nitrogens is 1. The molecule has 76 valence electrons. The van der Waals surface area contributed by atoms with Crippen LogP contribution in [0.25, 0.3) is 11.3 Å². The highest BCUT2D eigenvalue weighted by atomic mass is 35.5. The van der Waals surface area contributed by atoms with Gasteiger partial charge in [0.05, 0.1) is 5.02 Å². The first-order valence-corrected chi connectivity index (χ1v) is 5.09. The van der Waals surface area contributed by atoms with E-state index in [2.05, 4.69) is 4.98 Å². The molecule has 0 radical (unpaired) electrons. The third-order valence-corrected chi connectivity index (χ3v) is 2.58. The molecule has 4 heteroatoms. The third kappa shape index (κ3) is 2.25. The average Bonchev–Trinajstić information content (AvgIpc) is 2.22. The van der Waals surface area contributed by atoms with Crippen LogP contribution in [0.3, 0.4) is 0 Å². The van der Waals surface area contributed by atoms with Crippen molar-refractivity contribution in [3.05, 3.63) is 51.9 Å². The van der Waals surface area contributed by atoms with Crippen molar-refractivity contribution >= 4 is 23.8 Å². The molecular formula is C11H7ClFNS. The summed E-state index contributed by atoms with van der Waals surface area (Å²) in [6, 6.07) is 7.73. The van der Waals surface area contributed by atoms with E-state index >= 15 is 0 Å². The molecule has 0 unspecified atom stereocenters. The van der Waals surface area contributed by atoms with E-state index in [4.69, 9.17) is 23.8 Å². The van der Waals surface area contributed by atoms with E-state index in [9.17, 15) is 4.39 Å². The molecule has 0 saturated carbocycles. The van der Waals surface area contributed by atoms with Gasteiger partial charge in [-0.25, -0.2) is 4.39 Å². The summed E-state index contributed by atoms with van der Waals surface area (Å²) in [7, 11) is 0. The molecule has 0 spiro atoms. The van der Waals surface area contributed by atoms with E-state index in [0.29, 0.717) is 20.8 Å². The molecular weight excluding hydrogens is 233 g/mol. The zero-order valence-electron chi connectivity index (χ0n) is 7.63. The van der Waals surface area contributed by atoms with Gasteiger partial charge in [-0.1, -0.05) is 23.8 Å². The molecule has 1 nitrogen and oxygen atoms in total. The van der Waals surface area contributed by atoms with Crippen LogP contribution < -0.4 is 0 Å². The Morgan fingerprint density at radius 2 is 2.00 bits per heavy atom. The van der Waals surface area contributed by atoms with Crippen LogP contribution in [0.4, 0.5) is 4.39 Å². The Morgan fingerprint density at radius 1 is 1.20 bits per heavy atom. The summed E-state index contributed by atoms with van der Waals surface area (Å²) in [5.74, 6) is -0.322. The van der Waals surface area contributed by atoms with Gasteiger partial charge in [-0.3, -0.25) is 0 Å². The number of hydrogen-bond donors (Lipinski definition) is 1. The zero-order chi connectivity index (χ0) is 10.8.